The molecule has 1 aromatic heterocycles. The predicted octanol–water partition coefficient (Wildman–Crippen LogP) is 3.95. The van der Waals surface area contributed by atoms with Crippen LogP contribution in [0.4, 0.5) is 4.39 Å². The largest absolute Gasteiger partial charge is 0.368 e. The Hall–Kier alpha value is -1.83. The lowest BCUT2D eigenvalue weighted by molar-refractivity contribution is -0.125. The minimum Gasteiger partial charge on any atom is -0.368 e. The molecule has 2 aromatic rings. The highest BCUT2D eigenvalue weighted by Crippen LogP contribution is 2.30. The third kappa shape index (κ3) is 6.09. The molecule has 5 nitrogen and oxygen atoms in total. The maximum absolute atomic E-state index is 13.3. The van der Waals surface area contributed by atoms with Crippen molar-refractivity contribution in [3.05, 3.63) is 52.2 Å². The SMILES string of the molecule is CC(C)(C)CC(NC(=O)CN1CCOC(c2nccs2)C1)c1ccc(F)cc1. The number of rotatable bonds is 6. The molecule has 152 valence electrons. The van der Waals surface area contributed by atoms with Crippen molar-refractivity contribution in [3.63, 3.8) is 0 Å². The number of thiazole rings is 1. The van der Waals surface area contributed by atoms with E-state index in [0.29, 0.717) is 19.7 Å². The summed E-state index contributed by atoms with van der Waals surface area (Å²) < 4.78 is 19.1. The Balaban J connectivity index is 1.62. The van der Waals surface area contributed by atoms with Gasteiger partial charge in [0.15, 0.2) is 0 Å². The maximum atomic E-state index is 13.3. The molecule has 1 saturated heterocycles. The van der Waals surface area contributed by atoms with Gasteiger partial charge in [0.25, 0.3) is 0 Å². The highest BCUT2D eigenvalue weighted by Gasteiger charge is 2.27. The zero-order valence-corrected chi connectivity index (χ0v) is 17.5. The fraction of sp³-hybridized carbons (Fsp3) is 0.524. The minimum absolute atomic E-state index is 0.0290. The van der Waals surface area contributed by atoms with E-state index < -0.39 is 0 Å². The third-order valence-electron chi connectivity index (χ3n) is 4.67. The highest BCUT2D eigenvalue weighted by atomic mass is 32.1. The van der Waals surface area contributed by atoms with Crippen LogP contribution in [0, 0.1) is 11.2 Å². The summed E-state index contributed by atoms with van der Waals surface area (Å²) in [6.07, 6.45) is 2.47. The number of benzene rings is 1. The van der Waals surface area contributed by atoms with Crippen LogP contribution < -0.4 is 5.32 Å². The van der Waals surface area contributed by atoms with E-state index in [0.717, 1.165) is 23.5 Å². The number of carbonyl (C=O) groups is 1. The lowest BCUT2D eigenvalue weighted by Gasteiger charge is -2.32. The number of morpholine rings is 1. The number of ether oxygens (including phenoxy) is 1. The highest BCUT2D eigenvalue weighted by molar-refractivity contribution is 7.09. The number of nitrogens with zero attached hydrogens (tertiary/aromatic N) is 2. The Morgan fingerprint density at radius 1 is 1.39 bits per heavy atom. The Labute approximate surface area is 169 Å². The van der Waals surface area contributed by atoms with Crippen molar-refractivity contribution in [2.45, 2.75) is 39.3 Å². The van der Waals surface area contributed by atoms with Gasteiger partial charge >= 0.3 is 0 Å². The van der Waals surface area contributed by atoms with Crippen LogP contribution in [0.5, 0.6) is 0 Å². The van der Waals surface area contributed by atoms with Gasteiger partial charge in [-0.05, 0) is 29.5 Å². The minimum atomic E-state index is -0.272. The second kappa shape index (κ2) is 9.11. The summed E-state index contributed by atoms with van der Waals surface area (Å²) >= 11 is 1.57. The van der Waals surface area contributed by atoms with Gasteiger partial charge in [-0.25, -0.2) is 9.37 Å². The van der Waals surface area contributed by atoms with Crippen molar-refractivity contribution in [3.8, 4) is 0 Å². The molecule has 2 unspecified atom stereocenters. The Kier molecular flexibility index (Phi) is 6.80. The van der Waals surface area contributed by atoms with Crippen molar-refractivity contribution >= 4 is 17.2 Å². The van der Waals surface area contributed by atoms with Crippen LogP contribution in [-0.4, -0.2) is 42.0 Å². The first kappa shape index (κ1) is 20.9. The van der Waals surface area contributed by atoms with Gasteiger partial charge in [-0.15, -0.1) is 11.3 Å². The molecule has 0 saturated carbocycles. The van der Waals surface area contributed by atoms with Gasteiger partial charge in [-0.3, -0.25) is 9.69 Å². The van der Waals surface area contributed by atoms with Crippen molar-refractivity contribution in [1.82, 2.24) is 15.2 Å². The zero-order valence-electron chi connectivity index (χ0n) is 16.7. The lowest BCUT2D eigenvalue weighted by atomic mass is 9.85. The monoisotopic (exact) mass is 405 g/mol. The van der Waals surface area contributed by atoms with Crippen LogP contribution in [0.2, 0.25) is 0 Å². The smallest absolute Gasteiger partial charge is 0.234 e. The van der Waals surface area contributed by atoms with Crippen molar-refractivity contribution in [2.24, 2.45) is 5.41 Å². The molecule has 0 bridgehead atoms. The molecule has 2 atom stereocenters. The van der Waals surface area contributed by atoms with E-state index in [-0.39, 0.29) is 29.3 Å². The number of hydrogen-bond acceptors (Lipinski definition) is 5. The number of carbonyl (C=O) groups excluding carboxylic acids is 1. The Morgan fingerprint density at radius 2 is 2.14 bits per heavy atom. The molecule has 0 aliphatic carbocycles. The fourth-order valence-electron chi connectivity index (χ4n) is 3.39. The predicted molar refractivity (Wildman–Crippen MR) is 109 cm³/mol. The average molecular weight is 406 g/mol. The Bertz CT molecular complexity index is 759. The Morgan fingerprint density at radius 3 is 2.79 bits per heavy atom. The quantitative estimate of drug-likeness (QED) is 0.791. The second-order valence-electron chi connectivity index (χ2n) is 8.40. The van der Waals surface area contributed by atoms with E-state index in [1.807, 2.05) is 5.38 Å². The lowest BCUT2D eigenvalue weighted by Crippen LogP contribution is -2.45. The standard InChI is InChI=1S/C21H28FN3O2S/c1-21(2,3)12-17(15-4-6-16(22)7-5-15)24-19(26)14-25-9-10-27-18(13-25)20-23-8-11-28-20/h4-8,11,17-18H,9-10,12-14H2,1-3H3,(H,24,26). The fourth-order valence-corrected chi connectivity index (χ4v) is 4.07. The third-order valence-corrected chi connectivity index (χ3v) is 5.54. The number of nitrogens with one attached hydrogen (secondary N) is 1. The first-order chi connectivity index (χ1) is 13.3. The van der Waals surface area contributed by atoms with Gasteiger partial charge in [-0.1, -0.05) is 32.9 Å². The molecule has 1 fully saturated rings. The summed E-state index contributed by atoms with van der Waals surface area (Å²) in [7, 11) is 0. The van der Waals surface area contributed by atoms with Gasteiger partial charge in [0.05, 0.1) is 19.2 Å². The van der Waals surface area contributed by atoms with Crippen molar-refractivity contribution in [2.75, 3.05) is 26.2 Å². The molecular formula is C21H28FN3O2S. The van der Waals surface area contributed by atoms with Crippen LogP contribution in [0.25, 0.3) is 0 Å². The van der Waals surface area contributed by atoms with Crippen LogP contribution >= 0.6 is 11.3 Å². The molecular weight excluding hydrogens is 377 g/mol. The molecule has 28 heavy (non-hydrogen) atoms. The number of aromatic nitrogens is 1. The number of hydrogen-bond donors (Lipinski definition) is 1. The summed E-state index contributed by atoms with van der Waals surface area (Å²) in [5.41, 5.74) is 0.952. The topological polar surface area (TPSA) is 54.5 Å². The second-order valence-corrected chi connectivity index (χ2v) is 9.33. The molecule has 1 aliphatic heterocycles. The summed E-state index contributed by atoms with van der Waals surface area (Å²) in [5.74, 6) is -0.301. The first-order valence-corrected chi connectivity index (χ1v) is 10.5. The molecule has 7 heteroatoms. The molecule has 1 aromatic carbocycles. The first-order valence-electron chi connectivity index (χ1n) is 9.58. The molecule has 2 heterocycles. The number of amides is 1. The summed E-state index contributed by atoms with van der Waals surface area (Å²) in [6, 6.07) is 6.23. The summed E-state index contributed by atoms with van der Waals surface area (Å²) in [6.45, 7) is 8.67. The van der Waals surface area contributed by atoms with E-state index in [9.17, 15) is 9.18 Å². The van der Waals surface area contributed by atoms with E-state index >= 15 is 0 Å². The van der Waals surface area contributed by atoms with Gasteiger partial charge in [0.2, 0.25) is 5.91 Å². The molecule has 1 amide bonds. The molecule has 0 radical (unpaired) electrons. The van der Waals surface area contributed by atoms with E-state index in [2.05, 4.69) is 36.0 Å². The average Bonchev–Trinajstić information content (AvgIpc) is 3.15. The van der Waals surface area contributed by atoms with Crippen LogP contribution in [0.3, 0.4) is 0 Å². The van der Waals surface area contributed by atoms with Crippen molar-refractivity contribution < 1.29 is 13.9 Å². The summed E-state index contributed by atoms with van der Waals surface area (Å²) in [4.78, 5) is 19.2. The van der Waals surface area contributed by atoms with E-state index in [1.165, 1.54) is 12.1 Å². The van der Waals surface area contributed by atoms with E-state index in [4.69, 9.17) is 4.74 Å². The molecule has 1 N–H and O–H groups in total. The zero-order chi connectivity index (χ0) is 20.1. The molecule has 1 aliphatic rings. The normalized spacial score (nSPS) is 19.4. The molecule has 0 spiro atoms. The van der Waals surface area contributed by atoms with E-state index in [1.54, 1.807) is 29.7 Å². The van der Waals surface area contributed by atoms with Gasteiger partial charge < -0.3 is 10.1 Å². The summed E-state index contributed by atoms with van der Waals surface area (Å²) in [5, 5.41) is 6.03. The number of halogens is 1. The van der Waals surface area contributed by atoms with Crippen LogP contribution in [0.15, 0.2) is 35.8 Å². The molecule has 3 rings (SSSR count). The maximum Gasteiger partial charge on any atom is 0.234 e. The van der Waals surface area contributed by atoms with Gasteiger partial charge in [0.1, 0.15) is 16.9 Å². The van der Waals surface area contributed by atoms with Gasteiger partial charge in [-0.2, -0.15) is 0 Å². The van der Waals surface area contributed by atoms with Crippen molar-refractivity contribution in [1.29, 1.82) is 0 Å². The van der Waals surface area contributed by atoms with Crippen LogP contribution in [-0.2, 0) is 9.53 Å². The van der Waals surface area contributed by atoms with Gasteiger partial charge in [0, 0.05) is 24.7 Å². The van der Waals surface area contributed by atoms with Crippen LogP contribution in [0.1, 0.15) is 49.9 Å².